The fraction of sp³-hybridized carbons (Fsp3) is 0.476. The van der Waals surface area contributed by atoms with Crippen LogP contribution in [0.5, 0.6) is 0 Å². The molecule has 2 saturated heterocycles. The molecule has 150 valence electrons. The number of morpholine rings is 2. The number of Topliss-reactive ketones (excluding diaryl/α,β-unsaturated/α-hetero) is 1. The number of furan rings is 1. The number of halogens is 1. The van der Waals surface area contributed by atoms with Crippen LogP contribution in [0, 0.1) is 0 Å². The van der Waals surface area contributed by atoms with Crippen LogP contribution in [-0.2, 0) is 9.47 Å². The van der Waals surface area contributed by atoms with E-state index in [0.717, 1.165) is 18.7 Å². The predicted octanol–water partition coefficient (Wildman–Crippen LogP) is 2.89. The van der Waals surface area contributed by atoms with Gasteiger partial charge in [0.25, 0.3) is 0 Å². The first-order valence-corrected chi connectivity index (χ1v) is 10.1. The van der Waals surface area contributed by atoms with E-state index in [9.17, 15) is 4.79 Å². The molecule has 2 aliphatic rings. The van der Waals surface area contributed by atoms with Gasteiger partial charge in [-0.15, -0.1) is 0 Å². The zero-order valence-corrected chi connectivity index (χ0v) is 16.5. The van der Waals surface area contributed by atoms with Crippen LogP contribution in [0.4, 0.5) is 0 Å². The van der Waals surface area contributed by atoms with Crippen molar-refractivity contribution in [1.29, 1.82) is 0 Å². The Morgan fingerprint density at radius 1 is 0.893 bits per heavy atom. The fourth-order valence-corrected chi connectivity index (χ4v) is 4.16. The zero-order chi connectivity index (χ0) is 19.3. The average molecular weight is 405 g/mol. The van der Waals surface area contributed by atoms with Gasteiger partial charge in [-0.2, -0.15) is 0 Å². The summed E-state index contributed by atoms with van der Waals surface area (Å²) in [5.41, 5.74) is 1.07. The quantitative estimate of drug-likeness (QED) is 0.690. The first-order chi connectivity index (χ1) is 13.7. The van der Waals surface area contributed by atoms with Gasteiger partial charge in [0.15, 0.2) is 5.76 Å². The van der Waals surface area contributed by atoms with E-state index >= 15 is 0 Å². The van der Waals surface area contributed by atoms with Gasteiger partial charge in [0.1, 0.15) is 0 Å². The Kier molecular flexibility index (Phi) is 6.44. The number of benzene rings is 1. The average Bonchev–Trinajstić information content (AvgIpc) is 3.29. The molecule has 2 unspecified atom stereocenters. The van der Waals surface area contributed by atoms with Gasteiger partial charge in [0, 0.05) is 31.2 Å². The summed E-state index contributed by atoms with van der Waals surface area (Å²) in [6.45, 7) is 5.55. The third kappa shape index (κ3) is 4.31. The van der Waals surface area contributed by atoms with Crippen LogP contribution < -0.4 is 0 Å². The van der Waals surface area contributed by atoms with Gasteiger partial charge in [0.05, 0.1) is 44.8 Å². The van der Waals surface area contributed by atoms with E-state index in [1.807, 2.05) is 24.3 Å². The molecule has 0 radical (unpaired) electrons. The molecule has 28 heavy (non-hydrogen) atoms. The van der Waals surface area contributed by atoms with Gasteiger partial charge in [-0.3, -0.25) is 14.6 Å². The van der Waals surface area contributed by atoms with Crippen LogP contribution >= 0.6 is 11.6 Å². The van der Waals surface area contributed by atoms with Crippen LogP contribution in [0.15, 0.2) is 47.1 Å². The van der Waals surface area contributed by atoms with Crippen LogP contribution in [0.25, 0.3) is 0 Å². The third-order valence-corrected chi connectivity index (χ3v) is 5.67. The second-order valence-electron chi connectivity index (χ2n) is 7.08. The molecular formula is C21H25ClN2O4. The van der Waals surface area contributed by atoms with Gasteiger partial charge in [-0.1, -0.05) is 23.7 Å². The van der Waals surface area contributed by atoms with E-state index in [0.29, 0.717) is 50.3 Å². The topological polar surface area (TPSA) is 55.2 Å². The monoisotopic (exact) mass is 404 g/mol. The SMILES string of the molecule is O=C(c1ccco1)C(C(c1ccc(Cl)cc1)N1CCOCC1)N1CCOCC1. The van der Waals surface area contributed by atoms with Crippen molar-refractivity contribution in [2.24, 2.45) is 0 Å². The molecule has 2 aromatic rings. The van der Waals surface area contributed by atoms with Crippen molar-refractivity contribution in [2.45, 2.75) is 12.1 Å². The lowest BCUT2D eigenvalue weighted by Crippen LogP contribution is -2.55. The smallest absolute Gasteiger partial charge is 0.216 e. The number of rotatable bonds is 6. The van der Waals surface area contributed by atoms with Crippen molar-refractivity contribution >= 4 is 17.4 Å². The third-order valence-electron chi connectivity index (χ3n) is 5.42. The van der Waals surface area contributed by atoms with Gasteiger partial charge >= 0.3 is 0 Å². The van der Waals surface area contributed by atoms with E-state index in [2.05, 4.69) is 9.80 Å². The molecule has 0 bridgehead atoms. The molecule has 0 saturated carbocycles. The molecule has 1 aromatic heterocycles. The highest BCUT2D eigenvalue weighted by Gasteiger charge is 2.40. The predicted molar refractivity (Wildman–Crippen MR) is 106 cm³/mol. The van der Waals surface area contributed by atoms with Crippen LogP contribution in [0.1, 0.15) is 22.2 Å². The van der Waals surface area contributed by atoms with Gasteiger partial charge in [-0.25, -0.2) is 0 Å². The van der Waals surface area contributed by atoms with E-state index in [1.54, 1.807) is 18.4 Å². The summed E-state index contributed by atoms with van der Waals surface area (Å²) in [6.07, 6.45) is 1.55. The summed E-state index contributed by atoms with van der Waals surface area (Å²) in [5.74, 6) is 0.391. The lowest BCUT2D eigenvalue weighted by molar-refractivity contribution is -0.0307. The zero-order valence-electron chi connectivity index (χ0n) is 15.8. The molecular weight excluding hydrogens is 380 g/mol. The Morgan fingerprint density at radius 3 is 2.07 bits per heavy atom. The maximum atomic E-state index is 13.6. The van der Waals surface area contributed by atoms with Crippen molar-refractivity contribution in [3.8, 4) is 0 Å². The Hall–Kier alpha value is -1.70. The van der Waals surface area contributed by atoms with Crippen LogP contribution in [0.3, 0.4) is 0 Å². The Morgan fingerprint density at radius 2 is 1.50 bits per heavy atom. The van der Waals surface area contributed by atoms with Crippen LogP contribution in [0.2, 0.25) is 5.02 Å². The molecule has 2 atom stereocenters. The molecule has 3 heterocycles. The maximum Gasteiger partial charge on any atom is 0.216 e. The van der Waals surface area contributed by atoms with Crippen molar-refractivity contribution in [3.63, 3.8) is 0 Å². The number of carbonyl (C=O) groups is 1. The largest absolute Gasteiger partial charge is 0.461 e. The standard InChI is InChI=1S/C21H25ClN2O4/c22-17-5-3-16(4-6-17)19(23-7-12-26-13-8-23)20(24-9-14-27-15-10-24)21(25)18-2-1-11-28-18/h1-6,11,19-20H,7-10,12-15H2. The first-order valence-electron chi connectivity index (χ1n) is 9.71. The molecule has 6 nitrogen and oxygen atoms in total. The van der Waals surface area contributed by atoms with E-state index in [4.69, 9.17) is 25.5 Å². The van der Waals surface area contributed by atoms with E-state index < -0.39 is 0 Å². The van der Waals surface area contributed by atoms with Crippen molar-refractivity contribution in [3.05, 3.63) is 59.0 Å². The summed E-state index contributed by atoms with van der Waals surface area (Å²) in [6, 6.07) is 10.8. The number of hydrogen-bond acceptors (Lipinski definition) is 6. The summed E-state index contributed by atoms with van der Waals surface area (Å²) in [4.78, 5) is 18.1. The van der Waals surface area contributed by atoms with Gasteiger partial charge < -0.3 is 13.9 Å². The second-order valence-corrected chi connectivity index (χ2v) is 7.52. The number of ketones is 1. The molecule has 2 aliphatic heterocycles. The molecule has 4 rings (SSSR count). The minimum absolute atomic E-state index is 0.00154. The highest BCUT2D eigenvalue weighted by atomic mass is 35.5. The number of hydrogen-bond donors (Lipinski definition) is 0. The Labute approximate surface area is 169 Å². The molecule has 0 N–H and O–H groups in total. The summed E-state index contributed by atoms with van der Waals surface area (Å²) in [7, 11) is 0. The summed E-state index contributed by atoms with van der Waals surface area (Å²) in [5, 5.41) is 0.685. The number of ether oxygens (including phenoxy) is 2. The van der Waals surface area contributed by atoms with Gasteiger partial charge in [-0.05, 0) is 29.8 Å². The lowest BCUT2D eigenvalue weighted by Gasteiger charge is -2.44. The number of carbonyl (C=O) groups excluding carboxylic acids is 1. The Bertz CT molecular complexity index is 753. The molecule has 1 aromatic carbocycles. The summed E-state index contributed by atoms with van der Waals surface area (Å²) >= 11 is 6.13. The van der Waals surface area contributed by atoms with Gasteiger partial charge in [0.2, 0.25) is 5.78 Å². The molecule has 0 amide bonds. The minimum atomic E-state index is -0.366. The van der Waals surface area contributed by atoms with E-state index in [-0.39, 0.29) is 17.9 Å². The van der Waals surface area contributed by atoms with Crippen molar-refractivity contribution in [2.75, 3.05) is 52.6 Å². The van der Waals surface area contributed by atoms with Crippen LogP contribution in [-0.4, -0.2) is 74.2 Å². The fourth-order valence-electron chi connectivity index (χ4n) is 4.04. The first kappa shape index (κ1) is 19.6. The highest BCUT2D eigenvalue weighted by Crippen LogP contribution is 2.32. The molecule has 2 fully saturated rings. The number of nitrogens with zero attached hydrogens (tertiary/aromatic N) is 2. The summed E-state index contributed by atoms with van der Waals surface area (Å²) < 4.78 is 16.6. The lowest BCUT2D eigenvalue weighted by atomic mass is 9.91. The molecule has 7 heteroatoms. The molecule has 0 spiro atoms. The highest BCUT2D eigenvalue weighted by molar-refractivity contribution is 6.30. The van der Waals surface area contributed by atoms with Crippen molar-refractivity contribution < 1.29 is 18.7 Å². The molecule has 0 aliphatic carbocycles. The van der Waals surface area contributed by atoms with Crippen molar-refractivity contribution in [1.82, 2.24) is 9.80 Å². The van der Waals surface area contributed by atoms with E-state index in [1.165, 1.54) is 0 Å². The normalized spacial score (nSPS) is 21.3. The maximum absolute atomic E-state index is 13.6. The second kappa shape index (κ2) is 9.20. The Balaban J connectivity index is 1.74. The minimum Gasteiger partial charge on any atom is -0.461 e.